The van der Waals surface area contributed by atoms with Crippen LogP contribution >= 0.6 is 0 Å². The van der Waals surface area contributed by atoms with E-state index in [1.54, 1.807) is 19.2 Å². The molecule has 32 heavy (non-hydrogen) atoms. The Bertz CT molecular complexity index is 1250. The van der Waals surface area contributed by atoms with Crippen LogP contribution in [0.15, 0.2) is 43.0 Å². The number of hydrogen-bond donors (Lipinski definition) is 1. The smallest absolute Gasteiger partial charge is 0.250 e. The molecule has 1 fully saturated rings. The summed E-state index contributed by atoms with van der Waals surface area (Å²) in [5, 5.41) is 8.83. The highest BCUT2D eigenvalue weighted by Crippen LogP contribution is 2.38. The Morgan fingerprint density at radius 3 is 2.69 bits per heavy atom. The number of hydrogen-bond acceptors (Lipinski definition) is 5. The molecule has 166 valence electrons. The second-order valence-electron chi connectivity index (χ2n) is 8.46. The number of ether oxygens (including phenoxy) is 1. The number of nitrogens with one attached hydrogen (secondary N) is 1. The molecule has 1 aliphatic rings. The quantitative estimate of drug-likeness (QED) is 0.485. The lowest BCUT2D eigenvalue weighted by atomic mass is 9.92. The van der Waals surface area contributed by atoms with E-state index in [-0.39, 0.29) is 17.8 Å². The molecular formula is C24H27FN6O. The van der Waals surface area contributed by atoms with Gasteiger partial charge in [-0.1, -0.05) is 0 Å². The standard InChI is InChI=1S/C24H27FN6O/c1-15-8-10-27-24(23(15)25)32-17-6-4-16(5-7-17)31-14-19(20-9-11-30(3)29-20)18-13-28-22(26-2)12-21(18)31/h8-14,16-17H,4-7H2,1-3H3,(H,26,28). The third-order valence-corrected chi connectivity index (χ3v) is 6.33. The number of nitrogens with zero attached hydrogens (tertiary/aromatic N) is 5. The third kappa shape index (κ3) is 3.70. The number of aromatic nitrogens is 5. The average molecular weight is 435 g/mol. The van der Waals surface area contributed by atoms with E-state index in [9.17, 15) is 4.39 Å². The molecule has 5 rings (SSSR count). The van der Waals surface area contributed by atoms with Gasteiger partial charge >= 0.3 is 0 Å². The van der Waals surface area contributed by atoms with E-state index in [0.717, 1.165) is 53.7 Å². The molecule has 0 spiro atoms. The van der Waals surface area contributed by atoms with Gasteiger partial charge in [0.25, 0.3) is 5.88 Å². The SMILES string of the molecule is CNc1cc2c(cn1)c(-c1ccn(C)n1)cn2C1CCC(Oc2nccc(C)c2F)CC1. The first-order chi connectivity index (χ1) is 15.5. The van der Waals surface area contributed by atoms with Crippen LogP contribution in [0.3, 0.4) is 0 Å². The van der Waals surface area contributed by atoms with Gasteiger partial charge in [0, 0.05) is 61.9 Å². The molecular weight excluding hydrogens is 407 g/mol. The zero-order valence-corrected chi connectivity index (χ0v) is 18.5. The Morgan fingerprint density at radius 2 is 1.97 bits per heavy atom. The molecule has 1 N–H and O–H groups in total. The Balaban J connectivity index is 1.41. The topological polar surface area (TPSA) is 69.8 Å². The van der Waals surface area contributed by atoms with Crippen LogP contribution in [0.5, 0.6) is 5.88 Å². The first kappa shape index (κ1) is 20.5. The second kappa shape index (κ2) is 8.26. The maximum atomic E-state index is 14.3. The van der Waals surface area contributed by atoms with Crippen LogP contribution in [0.2, 0.25) is 0 Å². The lowest BCUT2D eigenvalue weighted by Crippen LogP contribution is -2.26. The highest BCUT2D eigenvalue weighted by molar-refractivity contribution is 5.95. The molecule has 4 aromatic rings. The van der Waals surface area contributed by atoms with E-state index in [1.165, 1.54) is 0 Å². The fourth-order valence-electron chi connectivity index (χ4n) is 4.54. The van der Waals surface area contributed by atoms with Gasteiger partial charge in [-0.05, 0) is 50.3 Å². The number of fused-ring (bicyclic) bond motifs is 1. The van der Waals surface area contributed by atoms with Crippen LogP contribution in [-0.4, -0.2) is 37.5 Å². The van der Waals surface area contributed by atoms with Gasteiger partial charge in [0.05, 0.1) is 11.2 Å². The Morgan fingerprint density at radius 1 is 1.16 bits per heavy atom. The van der Waals surface area contributed by atoms with Crippen LogP contribution in [0.4, 0.5) is 10.2 Å². The Hall–Kier alpha value is -3.42. The minimum absolute atomic E-state index is 0.0262. The van der Waals surface area contributed by atoms with Crippen LogP contribution in [0.25, 0.3) is 22.2 Å². The summed E-state index contributed by atoms with van der Waals surface area (Å²) in [6.45, 7) is 1.73. The lowest BCUT2D eigenvalue weighted by molar-refractivity contribution is 0.123. The molecule has 1 saturated carbocycles. The minimum Gasteiger partial charge on any atom is -0.472 e. The number of pyridine rings is 2. The largest absolute Gasteiger partial charge is 0.472 e. The van der Waals surface area contributed by atoms with Gasteiger partial charge in [0.1, 0.15) is 11.9 Å². The van der Waals surface area contributed by atoms with Crippen molar-refractivity contribution in [3.63, 3.8) is 0 Å². The van der Waals surface area contributed by atoms with E-state index < -0.39 is 0 Å². The fraction of sp³-hybridized carbons (Fsp3) is 0.375. The van der Waals surface area contributed by atoms with Gasteiger partial charge < -0.3 is 14.6 Å². The molecule has 0 amide bonds. The maximum Gasteiger partial charge on any atom is 0.250 e. The summed E-state index contributed by atoms with van der Waals surface area (Å²) in [6, 6.07) is 6.11. The van der Waals surface area contributed by atoms with Crippen LogP contribution in [0, 0.1) is 12.7 Å². The molecule has 0 atom stereocenters. The van der Waals surface area contributed by atoms with Crippen molar-refractivity contribution in [1.82, 2.24) is 24.3 Å². The van der Waals surface area contributed by atoms with Gasteiger partial charge in [0.2, 0.25) is 0 Å². The highest BCUT2D eigenvalue weighted by atomic mass is 19.1. The van der Waals surface area contributed by atoms with Crippen molar-refractivity contribution < 1.29 is 9.13 Å². The fourth-order valence-corrected chi connectivity index (χ4v) is 4.54. The van der Waals surface area contributed by atoms with Gasteiger partial charge in [0.15, 0.2) is 5.82 Å². The van der Waals surface area contributed by atoms with E-state index in [4.69, 9.17) is 4.74 Å². The zero-order valence-electron chi connectivity index (χ0n) is 18.5. The predicted molar refractivity (Wildman–Crippen MR) is 122 cm³/mol. The Kier molecular flexibility index (Phi) is 5.28. The number of anilines is 1. The van der Waals surface area contributed by atoms with Gasteiger partial charge in [-0.3, -0.25) is 4.68 Å². The number of aryl methyl sites for hydroxylation is 2. The van der Waals surface area contributed by atoms with Gasteiger partial charge in [-0.2, -0.15) is 5.10 Å². The molecule has 1 aliphatic carbocycles. The van der Waals surface area contributed by atoms with Crippen molar-refractivity contribution in [1.29, 1.82) is 0 Å². The molecule has 0 aliphatic heterocycles. The highest BCUT2D eigenvalue weighted by Gasteiger charge is 2.27. The summed E-state index contributed by atoms with van der Waals surface area (Å²) in [5.74, 6) is 0.586. The van der Waals surface area contributed by atoms with Crippen molar-refractivity contribution >= 4 is 16.7 Å². The van der Waals surface area contributed by atoms with Crippen LogP contribution in [0.1, 0.15) is 37.3 Å². The number of halogens is 1. The molecule has 0 radical (unpaired) electrons. The van der Waals surface area contributed by atoms with Crippen molar-refractivity contribution in [3.05, 3.63) is 54.4 Å². The van der Waals surface area contributed by atoms with Crippen LogP contribution < -0.4 is 10.1 Å². The summed E-state index contributed by atoms with van der Waals surface area (Å²) >= 11 is 0. The molecule has 4 heterocycles. The average Bonchev–Trinajstić information content (AvgIpc) is 3.40. The van der Waals surface area contributed by atoms with Crippen molar-refractivity contribution in [3.8, 4) is 17.1 Å². The Labute approximate surface area is 186 Å². The summed E-state index contributed by atoms with van der Waals surface area (Å²) in [6.07, 6.45) is 11.2. The van der Waals surface area contributed by atoms with Gasteiger partial charge in [-0.15, -0.1) is 0 Å². The van der Waals surface area contributed by atoms with E-state index in [2.05, 4.69) is 37.2 Å². The monoisotopic (exact) mass is 434 g/mol. The van der Waals surface area contributed by atoms with Crippen LogP contribution in [-0.2, 0) is 7.05 Å². The van der Waals surface area contributed by atoms with E-state index in [1.807, 2.05) is 37.2 Å². The van der Waals surface area contributed by atoms with E-state index in [0.29, 0.717) is 11.6 Å². The first-order valence-electron chi connectivity index (χ1n) is 11.0. The summed E-state index contributed by atoms with van der Waals surface area (Å²) in [7, 11) is 3.80. The third-order valence-electron chi connectivity index (χ3n) is 6.33. The van der Waals surface area contributed by atoms with Crippen molar-refractivity contribution in [2.24, 2.45) is 7.05 Å². The normalized spacial score (nSPS) is 18.8. The number of rotatable bonds is 5. The lowest BCUT2D eigenvalue weighted by Gasteiger charge is -2.30. The summed E-state index contributed by atoms with van der Waals surface area (Å²) < 4.78 is 24.4. The molecule has 8 heteroatoms. The summed E-state index contributed by atoms with van der Waals surface area (Å²) in [4.78, 5) is 8.61. The zero-order chi connectivity index (χ0) is 22.2. The second-order valence-corrected chi connectivity index (χ2v) is 8.46. The summed E-state index contributed by atoms with van der Waals surface area (Å²) in [5.41, 5.74) is 3.72. The molecule has 4 aromatic heterocycles. The van der Waals surface area contributed by atoms with Crippen molar-refractivity contribution in [2.45, 2.75) is 44.8 Å². The van der Waals surface area contributed by atoms with Crippen molar-refractivity contribution in [2.75, 3.05) is 12.4 Å². The predicted octanol–water partition coefficient (Wildman–Crippen LogP) is 4.88. The molecule has 0 saturated heterocycles. The maximum absolute atomic E-state index is 14.3. The molecule has 0 bridgehead atoms. The van der Waals surface area contributed by atoms with E-state index >= 15 is 0 Å². The molecule has 0 unspecified atom stereocenters. The molecule has 7 nitrogen and oxygen atoms in total. The minimum atomic E-state index is -0.363. The molecule has 0 aromatic carbocycles. The van der Waals surface area contributed by atoms with Gasteiger partial charge in [-0.25, -0.2) is 14.4 Å². The first-order valence-corrected chi connectivity index (χ1v) is 11.0.